The molecule has 0 saturated heterocycles. The van der Waals surface area contributed by atoms with Crippen molar-refractivity contribution in [1.29, 1.82) is 0 Å². The number of para-hydroxylation sites is 2. The maximum absolute atomic E-state index is 12.7. The van der Waals surface area contributed by atoms with Crippen molar-refractivity contribution in [1.82, 2.24) is 15.3 Å². The molecule has 30 heavy (non-hydrogen) atoms. The highest BCUT2D eigenvalue weighted by atomic mass is 16.1. The average Bonchev–Trinajstić information content (AvgIpc) is 3.34. The van der Waals surface area contributed by atoms with Crippen LogP contribution in [0.1, 0.15) is 28.5 Å². The highest BCUT2D eigenvalue weighted by molar-refractivity contribution is 5.93. The van der Waals surface area contributed by atoms with Crippen molar-refractivity contribution >= 4 is 28.2 Å². The second kappa shape index (κ2) is 7.67. The van der Waals surface area contributed by atoms with E-state index in [1.165, 1.54) is 22.2 Å². The van der Waals surface area contributed by atoms with Gasteiger partial charge in [0.1, 0.15) is 5.69 Å². The first kappa shape index (κ1) is 18.4. The topological polar surface area (TPSA) is 61.0 Å². The lowest BCUT2D eigenvalue weighted by atomic mass is 10.1. The highest BCUT2D eigenvalue weighted by Gasteiger charge is 2.27. The predicted molar refractivity (Wildman–Crippen MR) is 120 cm³/mol. The minimum absolute atomic E-state index is 0.142. The average molecular weight is 396 g/mol. The Morgan fingerprint density at radius 2 is 2.00 bits per heavy atom. The summed E-state index contributed by atoms with van der Waals surface area (Å²) in [7, 11) is 0. The van der Waals surface area contributed by atoms with Crippen LogP contribution >= 0.6 is 0 Å². The van der Waals surface area contributed by atoms with Crippen LogP contribution in [-0.4, -0.2) is 28.5 Å². The molecule has 0 fully saturated rings. The molecular weight excluding hydrogens is 372 g/mol. The Balaban J connectivity index is 1.29. The molecule has 1 unspecified atom stereocenters. The van der Waals surface area contributed by atoms with Crippen LogP contribution in [0.2, 0.25) is 0 Å². The fraction of sp³-hybridized carbons (Fsp3) is 0.200. The Hall–Kier alpha value is -3.60. The lowest BCUT2D eigenvalue weighted by Gasteiger charge is -2.25. The third-order valence-corrected chi connectivity index (χ3v) is 5.82. The van der Waals surface area contributed by atoms with Gasteiger partial charge in [0.15, 0.2) is 0 Å². The molecule has 0 bridgehead atoms. The van der Waals surface area contributed by atoms with Gasteiger partial charge in [0, 0.05) is 47.3 Å². The number of aromatic nitrogens is 2. The van der Waals surface area contributed by atoms with E-state index in [2.05, 4.69) is 63.5 Å². The number of nitrogens with one attached hydrogen (secondary N) is 2. The number of hydrogen-bond donors (Lipinski definition) is 2. The molecule has 0 saturated carbocycles. The maximum Gasteiger partial charge on any atom is 0.269 e. The summed E-state index contributed by atoms with van der Waals surface area (Å²) >= 11 is 0. The molecule has 2 aromatic heterocycles. The van der Waals surface area contributed by atoms with E-state index in [1.54, 1.807) is 6.20 Å². The van der Waals surface area contributed by atoms with E-state index in [4.69, 9.17) is 0 Å². The van der Waals surface area contributed by atoms with Gasteiger partial charge >= 0.3 is 0 Å². The number of rotatable bonds is 5. The lowest BCUT2D eigenvalue weighted by Crippen LogP contribution is -2.28. The quantitative estimate of drug-likeness (QED) is 0.518. The number of fused-ring (bicyclic) bond motifs is 2. The number of benzene rings is 2. The monoisotopic (exact) mass is 396 g/mol. The molecule has 2 N–H and O–H groups in total. The molecule has 1 atom stereocenters. The van der Waals surface area contributed by atoms with Crippen molar-refractivity contribution in [2.75, 3.05) is 11.4 Å². The summed E-state index contributed by atoms with van der Waals surface area (Å²) in [5.41, 5.74) is 6.32. The number of carbonyl (C=O) groups excluding carboxylic acids is 1. The summed E-state index contributed by atoms with van der Waals surface area (Å²) in [6.07, 6.45) is 5.51. The van der Waals surface area contributed by atoms with E-state index < -0.39 is 0 Å². The SMILES string of the molecule is CC1Cc2ccccc2N1c1ccnc(C(=O)NCCc2c[nH]c3ccccc23)c1. The van der Waals surface area contributed by atoms with Crippen LogP contribution in [0, 0.1) is 0 Å². The van der Waals surface area contributed by atoms with Crippen molar-refractivity contribution in [2.24, 2.45) is 0 Å². The second-order valence-electron chi connectivity index (χ2n) is 7.82. The van der Waals surface area contributed by atoms with Crippen LogP contribution < -0.4 is 10.2 Å². The lowest BCUT2D eigenvalue weighted by molar-refractivity contribution is 0.0949. The normalized spacial score (nSPS) is 15.4. The standard InChI is InChI=1S/C25H24N4O/c1-17-14-18-6-2-5-9-24(18)29(17)20-11-13-26-23(15-20)25(30)27-12-10-19-16-28-22-8-4-3-7-21(19)22/h2-9,11,13,15-17,28H,10,12,14H2,1H3,(H,27,30). The van der Waals surface area contributed by atoms with E-state index in [0.717, 1.165) is 24.0 Å². The number of aromatic amines is 1. The van der Waals surface area contributed by atoms with Gasteiger partial charge in [0.25, 0.3) is 5.91 Å². The first-order valence-corrected chi connectivity index (χ1v) is 10.4. The van der Waals surface area contributed by atoms with Gasteiger partial charge in [-0.25, -0.2) is 0 Å². The number of pyridine rings is 1. The number of carbonyl (C=O) groups is 1. The van der Waals surface area contributed by atoms with Crippen LogP contribution in [0.25, 0.3) is 10.9 Å². The highest BCUT2D eigenvalue weighted by Crippen LogP contribution is 2.37. The molecule has 0 spiro atoms. The molecule has 5 heteroatoms. The molecule has 1 amide bonds. The van der Waals surface area contributed by atoms with Gasteiger partial charge in [-0.3, -0.25) is 9.78 Å². The van der Waals surface area contributed by atoms with E-state index in [0.29, 0.717) is 18.3 Å². The molecule has 2 aromatic carbocycles. The summed E-state index contributed by atoms with van der Waals surface area (Å²) in [6, 6.07) is 20.9. The van der Waals surface area contributed by atoms with Gasteiger partial charge < -0.3 is 15.2 Å². The molecule has 5 nitrogen and oxygen atoms in total. The number of H-pyrrole nitrogens is 1. The van der Waals surface area contributed by atoms with Crippen molar-refractivity contribution < 1.29 is 4.79 Å². The minimum atomic E-state index is -0.142. The van der Waals surface area contributed by atoms with Crippen LogP contribution in [0.15, 0.2) is 73.1 Å². The van der Waals surface area contributed by atoms with E-state index in [1.807, 2.05) is 30.5 Å². The fourth-order valence-electron chi connectivity index (χ4n) is 4.39. The number of anilines is 2. The Kier molecular flexibility index (Phi) is 4.71. The van der Waals surface area contributed by atoms with Gasteiger partial charge in [0.05, 0.1) is 0 Å². The predicted octanol–water partition coefficient (Wildman–Crippen LogP) is 4.62. The Morgan fingerprint density at radius 3 is 2.93 bits per heavy atom. The fourth-order valence-corrected chi connectivity index (χ4v) is 4.39. The summed E-state index contributed by atoms with van der Waals surface area (Å²) in [6.45, 7) is 2.77. The second-order valence-corrected chi connectivity index (χ2v) is 7.82. The maximum atomic E-state index is 12.7. The number of nitrogens with zero attached hydrogens (tertiary/aromatic N) is 2. The molecule has 5 rings (SSSR count). The van der Waals surface area contributed by atoms with Crippen LogP contribution in [-0.2, 0) is 12.8 Å². The third-order valence-electron chi connectivity index (χ3n) is 5.82. The van der Waals surface area contributed by atoms with Crippen LogP contribution in [0.4, 0.5) is 11.4 Å². The summed E-state index contributed by atoms with van der Waals surface area (Å²) < 4.78 is 0. The molecule has 0 radical (unpaired) electrons. The molecule has 1 aliphatic rings. The summed E-state index contributed by atoms with van der Waals surface area (Å²) in [5.74, 6) is -0.142. The van der Waals surface area contributed by atoms with Gasteiger partial charge in [-0.1, -0.05) is 36.4 Å². The van der Waals surface area contributed by atoms with E-state index in [-0.39, 0.29) is 5.91 Å². The number of hydrogen-bond acceptors (Lipinski definition) is 3. The first-order chi connectivity index (χ1) is 14.7. The number of amides is 1. The van der Waals surface area contributed by atoms with Crippen molar-refractivity contribution in [3.8, 4) is 0 Å². The zero-order valence-electron chi connectivity index (χ0n) is 16.9. The molecule has 1 aliphatic heterocycles. The van der Waals surface area contributed by atoms with Gasteiger partial charge in [-0.05, 0) is 55.2 Å². The first-order valence-electron chi connectivity index (χ1n) is 10.4. The summed E-state index contributed by atoms with van der Waals surface area (Å²) in [5, 5.41) is 4.22. The minimum Gasteiger partial charge on any atom is -0.361 e. The molecule has 150 valence electrons. The smallest absolute Gasteiger partial charge is 0.269 e. The molecule has 3 heterocycles. The zero-order chi connectivity index (χ0) is 20.5. The van der Waals surface area contributed by atoms with Gasteiger partial charge in [-0.15, -0.1) is 0 Å². The Bertz CT molecular complexity index is 1210. The van der Waals surface area contributed by atoms with Gasteiger partial charge in [-0.2, -0.15) is 0 Å². The van der Waals surface area contributed by atoms with Gasteiger partial charge in [0.2, 0.25) is 0 Å². The van der Waals surface area contributed by atoms with Crippen LogP contribution in [0.5, 0.6) is 0 Å². The van der Waals surface area contributed by atoms with E-state index >= 15 is 0 Å². The Morgan fingerprint density at radius 1 is 1.17 bits per heavy atom. The largest absolute Gasteiger partial charge is 0.361 e. The summed E-state index contributed by atoms with van der Waals surface area (Å²) in [4.78, 5) is 22.6. The van der Waals surface area contributed by atoms with Crippen LogP contribution in [0.3, 0.4) is 0 Å². The van der Waals surface area contributed by atoms with E-state index in [9.17, 15) is 4.79 Å². The zero-order valence-corrected chi connectivity index (χ0v) is 16.9. The van der Waals surface area contributed by atoms with Crippen molar-refractivity contribution in [2.45, 2.75) is 25.8 Å². The van der Waals surface area contributed by atoms with Crippen molar-refractivity contribution in [3.63, 3.8) is 0 Å². The molecule has 0 aliphatic carbocycles. The third kappa shape index (κ3) is 3.32. The molecule has 4 aromatic rings. The molecular formula is C25H24N4O. The van der Waals surface area contributed by atoms with Crippen molar-refractivity contribution in [3.05, 3.63) is 89.9 Å². The Labute approximate surface area is 175 Å².